The van der Waals surface area contributed by atoms with Crippen molar-refractivity contribution in [2.75, 3.05) is 12.4 Å². The van der Waals surface area contributed by atoms with Crippen molar-refractivity contribution in [3.8, 4) is 0 Å². The lowest BCUT2D eigenvalue weighted by atomic mass is 10.0. The van der Waals surface area contributed by atoms with Crippen molar-refractivity contribution in [1.82, 2.24) is 10.3 Å². The summed E-state index contributed by atoms with van der Waals surface area (Å²) in [4.78, 5) is 40.6. The van der Waals surface area contributed by atoms with Gasteiger partial charge in [-0.15, -0.1) is 11.3 Å². The summed E-state index contributed by atoms with van der Waals surface area (Å²) in [6.45, 7) is 0. The normalized spacial score (nSPS) is 11.8. The molecule has 3 aromatic heterocycles. The van der Waals surface area contributed by atoms with Gasteiger partial charge in [-0.25, -0.2) is 4.79 Å². The summed E-state index contributed by atoms with van der Waals surface area (Å²) in [7, 11) is 1.28. The zero-order valence-electron chi connectivity index (χ0n) is 16.5. The van der Waals surface area contributed by atoms with Gasteiger partial charge in [0.05, 0.1) is 23.3 Å². The number of esters is 1. The first kappa shape index (κ1) is 20.4. The van der Waals surface area contributed by atoms with Crippen molar-refractivity contribution in [3.05, 3.63) is 77.2 Å². The summed E-state index contributed by atoms with van der Waals surface area (Å²) in [6.07, 6.45) is 3.50. The fourth-order valence-electron chi connectivity index (χ4n) is 3.19. The van der Waals surface area contributed by atoms with E-state index in [1.807, 2.05) is 30.5 Å². The molecule has 4 rings (SSSR count). The standard InChI is InChI=1S/C22H19N3O5S/c1-29-22(28)16(11-13-12-23-15-6-3-2-5-14(13)15)24-21(27)18-8-9-19(31-18)25-20(26)17-7-4-10-30-17/h2-10,12,16,23H,11H2,1H3,(H,24,27)(H,25,26). The Kier molecular flexibility index (Phi) is 5.85. The highest BCUT2D eigenvalue weighted by molar-refractivity contribution is 7.18. The Morgan fingerprint density at radius 1 is 1.10 bits per heavy atom. The van der Waals surface area contributed by atoms with Crippen LogP contribution in [0.2, 0.25) is 0 Å². The van der Waals surface area contributed by atoms with Gasteiger partial charge in [0.1, 0.15) is 6.04 Å². The van der Waals surface area contributed by atoms with Crippen LogP contribution in [0.4, 0.5) is 5.00 Å². The van der Waals surface area contributed by atoms with Crippen molar-refractivity contribution in [2.45, 2.75) is 12.5 Å². The highest BCUT2D eigenvalue weighted by atomic mass is 32.1. The van der Waals surface area contributed by atoms with Crippen molar-refractivity contribution in [1.29, 1.82) is 0 Å². The smallest absolute Gasteiger partial charge is 0.328 e. The van der Waals surface area contributed by atoms with Crippen LogP contribution in [0, 0.1) is 0 Å². The Bertz CT molecular complexity index is 1220. The second-order valence-electron chi connectivity index (χ2n) is 6.71. The van der Waals surface area contributed by atoms with E-state index >= 15 is 0 Å². The molecule has 3 N–H and O–H groups in total. The molecule has 0 saturated heterocycles. The maximum atomic E-state index is 12.7. The Balaban J connectivity index is 1.46. The van der Waals surface area contributed by atoms with Gasteiger partial charge < -0.3 is 24.8 Å². The number of thiophene rings is 1. The molecule has 31 heavy (non-hydrogen) atoms. The van der Waals surface area contributed by atoms with Gasteiger partial charge in [0.15, 0.2) is 5.76 Å². The van der Waals surface area contributed by atoms with Crippen LogP contribution in [0.1, 0.15) is 25.8 Å². The molecule has 0 saturated carbocycles. The van der Waals surface area contributed by atoms with E-state index < -0.39 is 23.8 Å². The molecule has 0 radical (unpaired) electrons. The zero-order chi connectivity index (χ0) is 21.8. The molecule has 2 amide bonds. The number of para-hydroxylation sites is 1. The third-order valence-corrected chi connectivity index (χ3v) is 5.70. The number of fused-ring (bicyclic) bond motifs is 1. The van der Waals surface area contributed by atoms with E-state index in [-0.39, 0.29) is 12.2 Å². The lowest BCUT2D eigenvalue weighted by molar-refractivity contribution is -0.142. The first-order valence-electron chi connectivity index (χ1n) is 9.43. The Labute approximate surface area is 181 Å². The van der Waals surface area contributed by atoms with Gasteiger partial charge in [0, 0.05) is 23.5 Å². The fraction of sp³-hybridized carbons (Fsp3) is 0.136. The number of aromatic amines is 1. The molecule has 9 heteroatoms. The molecule has 3 heterocycles. The number of amides is 2. The van der Waals surface area contributed by atoms with Gasteiger partial charge in [0.2, 0.25) is 0 Å². The Hall–Kier alpha value is -3.85. The molecule has 0 aliphatic heterocycles. The summed E-state index contributed by atoms with van der Waals surface area (Å²) < 4.78 is 9.93. The van der Waals surface area contributed by atoms with Gasteiger partial charge in [-0.2, -0.15) is 0 Å². The predicted molar refractivity (Wildman–Crippen MR) is 116 cm³/mol. The molecule has 0 aliphatic rings. The number of ether oxygens (including phenoxy) is 1. The van der Waals surface area contributed by atoms with Crippen molar-refractivity contribution >= 4 is 45.0 Å². The van der Waals surface area contributed by atoms with Gasteiger partial charge in [-0.3, -0.25) is 9.59 Å². The van der Waals surface area contributed by atoms with E-state index in [2.05, 4.69) is 15.6 Å². The van der Waals surface area contributed by atoms with Crippen LogP contribution in [-0.2, 0) is 16.0 Å². The van der Waals surface area contributed by atoms with E-state index in [1.54, 1.807) is 24.3 Å². The number of rotatable bonds is 7. The summed E-state index contributed by atoms with van der Waals surface area (Å²) >= 11 is 1.09. The lowest BCUT2D eigenvalue weighted by Gasteiger charge is -2.15. The molecule has 158 valence electrons. The molecule has 0 spiro atoms. The number of carbonyl (C=O) groups excluding carboxylic acids is 3. The van der Waals surface area contributed by atoms with E-state index in [1.165, 1.54) is 13.4 Å². The van der Waals surface area contributed by atoms with Crippen molar-refractivity contribution in [3.63, 3.8) is 0 Å². The summed E-state index contributed by atoms with van der Waals surface area (Å²) in [5.41, 5.74) is 1.84. The van der Waals surface area contributed by atoms with Crippen molar-refractivity contribution in [2.24, 2.45) is 0 Å². The average molecular weight is 437 g/mol. The summed E-state index contributed by atoms with van der Waals surface area (Å²) in [5, 5.41) is 6.87. The molecule has 0 bridgehead atoms. The highest BCUT2D eigenvalue weighted by Gasteiger charge is 2.24. The lowest BCUT2D eigenvalue weighted by Crippen LogP contribution is -2.42. The predicted octanol–water partition coefficient (Wildman–Crippen LogP) is 3.59. The maximum absolute atomic E-state index is 12.7. The minimum absolute atomic E-state index is 0.170. The Morgan fingerprint density at radius 3 is 2.71 bits per heavy atom. The first-order valence-corrected chi connectivity index (χ1v) is 10.2. The molecule has 8 nitrogen and oxygen atoms in total. The number of furan rings is 1. The number of H-pyrrole nitrogens is 1. The zero-order valence-corrected chi connectivity index (χ0v) is 17.3. The number of hydrogen-bond acceptors (Lipinski definition) is 6. The maximum Gasteiger partial charge on any atom is 0.328 e. The second kappa shape index (κ2) is 8.88. The van der Waals surface area contributed by atoms with E-state index in [9.17, 15) is 14.4 Å². The van der Waals surface area contributed by atoms with Crippen LogP contribution < -0.4 is 10.6 Å². The first-order chi connectivity index (χ1) is 15.0. The van der Waals surface area contributed by atoms with Gasteiger partial charge in [-0.05, 0) is 35.9 Å². The minimum atomic E-state index is -0.861. The highest BCUT2D eigenvalue weighted by Crippen LogP contribution is 2.24. The van der Waals surface area contributed by atoms with Gasteiger partial charge in [-0.1, -0.05) is 18.2 Å². The molecule has 4 aromatic rings. The molecule has 1 aromatic carbocycles. The van der Waals surface area contributed by atoms with E-state index in [0.29, 0.717) is 9.88 Å². The number of benzene rings is 1. The quantitative estimate of drug-likeness (QED) is 0.383. The SMILES string of the molecule is COC(=O)C(Cc1c[nH]c2ccccc12)NC(=O)c1ccc(NC(=O)c2ccco2)s1. The summed E-state index contributed by atoms with van der Waals surface area (Å²) in [5.74, 6) is -1.21. The minimum Gasteiger partial charge on any atom is -0.467 e. The van der Waals surface area contributed by atoms with Crippen LogP contribution in [0.15, 0.2) is 65.4 Å². The van der Waals surface area contributed by atoms with Gasteiger partial charge >= 0.3 is 5.97 Å². The van der Waals surface area contributed by atoms with E-state index in [4.69, 9.17) is 9.15 Å². The fourth-order valence-corrected chi connectivity index (χ4v) is 4.00. The van der Waals surface area contributed by atoms with Crippen LogP contribution in [0.3, 0.4) is 0 Å². The van der Waals surface area contributed by atoms with Crippen molar-refractivity contribution < 1.29 is 23.5 Å². The van der Waals surface area contributed by atoms with Crippen LogP contribution in [0.5, 0.6) is 0 Å². The van der Waals surface area contributed by atoms with Crippen LogP contribution in [0.25, 0.3) is 10.9 Å². The molecule has 0 aliphatic carbocycles. The third kappa shape index (κ3) is 4.51. The number of methoxy groups -OCH3 is 1. The monoisotopic (exact) mass is 437 g/mol. The number of nitrogens with one attached hydrogen (secondary N) is 3. The molecular formula is C22H19N3O5S. The largest absolute Gasteiger partial charge is 0.467 e. The molecule has 1 atom stereocenters. The van der Waals surface area contributed by atoms with Gasteiger partial charge in [0.25, 0.3) is 11.8 Å². The number of aromatic nitrogens is 1. The third-order valence-electron chi connectivity index (χ3n) is 4.70. The Morgan fingerprint density at radius 2 is 1.94 bits per heavy atom. The number of anilines is 1. The number of carbonyl (C=O) groups is 3. The van der Waals surface area contributed by atoms with Crippen LogP contribution in [-0.4, -0.2) is 35.9 Å². The second-order valence-corrected chi connectivity index (χ2v) is 7.79. The molecular weight excluding hydrogens is 418 g/mol. The summed E-state index contributed by atoms with van der Waals surface area (Å²) in [6, 6.07) is 13.2. The average Bonchev–Trinajstić information content (AvgIpc) is 3.54. The number of hydrogen-bond donors (Lipinski definition) is 3. The van der Waals surface area contributed by atoms with E-state index in [0.717, 1.165) is 27.8 Å². The molecule has 1 unspecified atom stereocenters. The topological polar surface area (TPSA) is 113 Å². The van der Waals surface area contributed by atoms with Crippen LogP contribution >= 0.6 is 11.3 Å². The molecule has 0 fully saturated rings.